The molecule has 0 aromatic heterocycles. The zero-order valence-corrected chi connectivity index (χ0v) is 15.3. The Balaban J connectivity index is 1.75. The molecular formula is C20H29ClO2. The summed E-state index contributed by atoms with van der Waals surface area (Å²) in [6, 6.07) is 0. The van der Waals surface area contributed by atoms with Crippen LogP contribution in [0.25, 0.3) is 0 Å². The van der Waals surface area contributed by atoms with Gasteiger partial charge in [0.25, 0.3) is 0 Å². The first-order valence-corrected chi connectivity index (χ1v) is 9.78. The number of hydrogen-bond donors (Lipinski definition) is 1. The molecule has 0 spiro atoms. The molecule has 0 bridgehead atoms. The Labute approximate surface area is 144 Å². The molecule has 23 heavy (non-hydrogen) atoms. The Kier molecular flexibility index (Phi) is 3.57. The van der Waals surface area contributed by atoms with Gasteiger partial charge < -0.3 is 5.11 Å². The molecule has 0 amide bonds. The molecule has 7 atom stereocenters. The summed E-state index contributed by atoms with van der Waals surface area (Å²) in [5.74, 6) is 2.52. The van der Waals surface area contributed by atoms with E-state index in [2.05, 4.69) is 20.8 Å². The third kappa shape index (κ3) is 1.94. The molecule has 4 aliphatic carbocycles. The van der Waals surface area contributed by atoms with Crippen LogP contribution in [0.5, 0.6) is 0 Å². The van der Waals surface area contributed by atoms with Gasteiger partial charge in [0.15, 0.2) is 5.78 Å². The topological polar surface area (TPSA) is 37.3 Å². The number of rotatable bonds is 0. The van der Waals surface area contributed by atoms with E-state index in [1.54, 1.807) is 0 Å². The molecule has 128 valence electrons. The lowest BCUT2D eigenvalue weighted by molar-refractivity contribution is -0.121. The number of aliphatic hydroxyl groups is 1. The lowest BCUT2D eigenvalue weighted by Crippen LogP contribution is -2.53. The van der Waals surface area contributed by atoms with Gasteiger partial charge in [-0.15, -0.1) is 0 Å². The van der Waals surface area contributed by atoms with E-state index >= 15 is 0 Å². The number of carbonyl (C=O) groups is 1. The monoisotopic (exact) mass is 336 g/mol. The Bertz CT molecular complexity index is 582. The van der Waals surface area contributed by atoms with E-state index in [9.17, 15) is 9.90 Å². The molecule has 0 radical (unpaired) electrons. The van der Waals surface area contributed by atoms with Crippen molar-refractivity contribution < 1.29 is 9.90 Å². The lowest BCUT2D eigenvalue weighted by Gasteiger charge is -2.59. The number of allylic oxidation sites excluding steroid dienone is 1. The highest BCUT2D eigenvalue weighted by Gasteiger charge is 2.60. The third-order valence-electron chi connectivity index (χ3n) is 8.56. The van der Waals surface area contributed by atoms with Crippen LogP contribution >= 0.6 is 11.6 Å². The van der Waals surface area contributed by atoms with Crippen molar-refractivity contribution >= 4 is 17.4 Å². The molecule has 3 saturated carbocycles. The van der Waals surface area contributed by atoms with E-state index in [4.69, 9.17) is 11.6 Å². The zero-order valence-electron chi connectivity index (χ0n) is 14.6. The molecule has 0 aromatic carbocycles. The highest BCUT2D eigenvalue weighted by Crippen LogP contribution is 2.66. The number of carbonyl (C=O) groups excluding carboxylic acids is 1. The summed E-state index contributed by atoms with van der Waals surface area (Å²) in [5.41, 5.74) is 1.46. The fourth-order valence-corrected chi connectivity index (χ4v) is 7.34. The number of fused-ring (bicyclic) bond motifs is 5. The number of aliphatic hydroxyl groups excluding tert-OH is 1. The molecule has 4 rings (SSSR count). The molecule has 3 heteroatoms. The second-order valence-corrected chi connectivity index (χ2v) is 9.53. The second kappa shape index (κ2) is 5.08. The van der Waals surface area contributed by atoms with Gasteiger partial charge in [-0.2, -0.15) is 0 Å². The van der Waals surface area contributed by atoms with E-state index in [0.717, 1.165) is 25.7 Å². The van der Waals surface area contributed by atoms with Crippen LogP contribution in [0, 0.1) is 34.5 Å². The number of hydrogen-bond acceptors (Lipinski definition) is 2. The Morgan fingerprint density at radius 2 is 1.87 bits per heavy atom. The van der Waals surface area contributed by atoms with Crippen molar-refractivity contribution in [3.05, 3.63) is 10.6 Å². The van der Waals surface area contributed by atoms with E-state index < -0.39 is 0 Å². The molecule has 3 fully saturated rings. The van der Waals surface area contributed by atoms with Crippen LogP contribution in [-0.4, -0.2) is 17.0 Å². The second-order valence-electron chi connectivity index (χ2n) is 9.16. The molecule has 1 N–H and O–H groups in total. The zero-order chi connectivity index (χ0) is 16.6. The standard InChI is InChI=1S/C20H29ClO2/c1-11-10-16(22)18(21)15-5-4-12-13-6-7-17(23)19(13,2)9-8-14(12)20(11,15)3/h11-14,17,23H,4-10H2,1-3H3/t11?,12-,13-,14-,17-,19-,20+/m0/s1. The van der Waals surface area contributed by atoms with Gasteiger partial charge in [0.2, 0.25) is 0 Å². The van der Waals surface area contributed by atoms with Crippen LogP contribution in [0.15, 0.2) is 10.6 Å². The predicted molar refractivity (Wildman–Crippen MR) is 92.1 cm³/mol. The van der Waals surface area contributed by atoms with Crippen molar-refractivity contribution in [1.29, 1.82) is 0 Å². The molecule has 4 aliphatic rings. The summed E-state index contributed by atoms with van der Waals surface area (Å²) in [4.78, 5) is 12.2. The summed E-state index contributed by atoms with van der Waals surface area (Å²) in [7, 11) is 0. The first-order valence-electron chi connectivity index (χ1n) is 9.40. The molecule has 0 aromatic rings. The van der Waals surface area contributed by atoms with Crippen molar-refractivity contribution in [3.8, 4) is 0 Å². The summed E-state index contributed by atoms with van der Waals surface area (Å²) in [6.07, 6.45) is 7.07. The summed E-state index contributed by atoms with van der Waals surface area (Å²) in [6.45, 7) is 6.95. The van der Waals surface area contributed by atoms with E-state index in [-0.39, 0.29) is 22.7 Å². The van der Waals surface area contributed by atoms with Gasteiger partial charge in [-0.1, -0.05) is 32.4 Å². The SMILES string of the molecule is CC1CC(=O)C(Cl)=C2CC[C@H]3[C@@H]4CC[C@H](O)[C@@]4(C)CC[C@@H]3[C@]21C. The Hall–Kier alpha value is -0.340. The van der Waals surface area contributed by atoms with Gasteiger partial charge in [-0.3, -0.25) is 4.79 Å². The first-order chi connectivity index (χ1) is 10.8. The van der Waals surface area contributed by atoms with Crippen molar-refractivity contribution in [2.45, 2.75) is 71.8 Å². The molecule has 1 unspecified atom stereocenters. The van der Waals surface area contributed by atoms with Crippen molar-refractivity contribution in [2.24, 2.45) is 34.5 Å². The van der Waals surface area contributed by atoms with Crippen molar-refractivity contribution in [1.82, 2.24) is 0 Å². The largest absolute Gasteiger partial charge is 0.393 e. The van der Waals surface area contributed by atoms with Gasteiger partial charge >= 0.3 is 0 Å². The van der Waals surface area contributed by atoms with Gasteiger partial charge in [0, 0.05) is 6.42 Å². The molecule has 0 heterocycles. The van der Waals surface area contributed by atoms with Gasteiger partial charge in [-0.25, -0.2) is 0 Å². The van der Waals surface area contributed by atoms with Crippen LogP contribution in [0.1, 0.15) is 65.7 Å². The van der Waals surface area contributed by atoms with E-state index in [0.29, 0.717) is 35.1 Å². The maximum atomic E-state index is 12.2. The van der Waals surface area contributed by atoms with Gasteiger partial charge in [0.1, 0.15) is 0 Å². The number of ketones is 1. The Morgan fingerprint density at radius 3 is 2.61 bits per heavy atom. The predicted octanol–water partition coefficient (Wildman–Crippen LogP) is 4.69. The van der Waals surface area contributed by atoms with Crippen LogP contribution in [0.4, 0.5) is 0 Å². The third-order valence-corrected chi connectivity index (χ3v) is 9.00. The first kappa shape index (κ1) is 16.1. The molecule has 2 nitrogen and oxygen atoms in total. The van der Waals surface area contributed by atoms with Crippen molar-refractivity contribution in [3.63, 3.8) is 0 Å². The quantitative estimate of drug-likeness (QED) is 0.696. The van der Waals surface area contributed by atoms with Crippen molar-refractivity contribution in [2.75, 3.05) is 0 Å². The fraction of sp³-hybridized carbons (Fsp3) is 0.850. The molecule has 0 saturated heterocycles. The highest BCUT2D eigenvalue weighted by molar-refractivity contribution is 6.43. The fourth-order valence-electron chi connectivity index (χ4n) is 6.97. The summed E-state index contributed by atoms with van der Waals surface area (Å²) >= 11 is 6.48. The van der Waals surface area contributed by atoms with Gasteiger partial charge in [-0.05, 0) is 78.6 Å². The summed E-state index contributed by atoms with van der Waals surface area (Å²) in [5, 5.41) is 11.1. The van der Waals surface area contributed by atoms with E-state index in [1.165, 1.54) is 18.4 Å². The summed E-state index contributed by atoms with van der Waals surface area (Å²) < 4.78 is 0. The minimum atomic E-state index is -0.118. The Morgan fingerprint density at radius 1 is 1.13 bits per heavy atom. The van der Waals surface area contributed by atoms with Gasteiger partial charge in [0.05, 0.1) is 11.1 Å². The highest BCUT2D eigenvalue weighted by atomic mass is 35.5. The van der Waals surface area contributed by atoms with E-state index in [1.807, 2.05) is 0 Å². The van der Waals surface area contributed by atoms with Crippen LogP contribution in [-0.2, 0) is 4.79 Å². The maximum Gasteiger partial charge on any atom is 0.174 e. The number of halogens is 1. The van der Waals surface area contributed by atoms with Crippen LogP contribution < -0.4 is 0 Å². The average Bonchev–Trinajstić information content (AvgIpc) is 2.81. The smallest absolute Gasteiger partial charge is 0.174 e. The van der Waals surface area contributed by atoms with Crippen LogP contribution in [0.2, 0.25) is 0 Å². The normalized spacial score (nSPS) is 52.9. The molecule has 0 aliphatic heterocycles. The lowest BCUT2D eigenvalue weighted by atomic mass is 9.45. The molecular weight excluding hydrogens is 308 g/mol. The minimum Gasteiger partial charge on any atom is -0.393 e. The van der Waals surface area contributed by atoms with Crippen LogP contribution in [0.3, 0.4) is 0 Å². The maximum absolute atomic E-state index is 12.2. The minimum absolute atomic E-state index is 0.0861. The number of Topliss-reactive ketones (excluding diaryl/α,β-unsaturated/α-hetero) is 1. The average molecular weight is 337 g/mol.